The van der Waals surface area contributed by atoms with Gasteiger partial charge in [0, 0.05) is 35.2 Å². The van der Waals surface area contributed by atoms with Crippen LogP contribution in [0.1, 0.15) is 63.4 Å². The third-order valence-electron chi connectivity index (χ3n) is 6.02. The maximum absolute atomic E-state index is 13.0. The van der Waals surface area contributed by atoms with Gasteiger partial charge in [-0.15, -0.1) is 11.8 Å². The highest BCUT2D eigenvalue weighted by Gasteiger charge is 2.49. The van der Waals surface area contributed by atoms with E-state index in [0.717, 1.165) is 22.9 Å². The van der Waals surface area contributed by atoms with Crippen LogP contribution in [-0.2, 0) is 13.0 Å². The van der Waals surface area contributed by atoms with E-state index in [4.69, 9.17) is 0 Å². The van der Waals surface area contributed by atoms with Crippen molar-refractivity contribution in [3.63, 3.8) is 0 Å². The number of thioether (sulfide) groups is 1. The third-order valence-corrected chi connectivity index (χ3v) is 7.86. The van der Waals surface area contributed by atoms with Crippen molar-refractivity contribution in [3.05, 3.63) is 52.3 Å². The van der Waals surface area contributed by atoms with Gasteiger partial charge < -0.3 is 10.2 Å². The molecule has 2 saturated carbocycles. The van der Waals surface area contributed by atoms with Crippen molar-refractivity contribution < 1.29 is 9.59 Å². The highest BCUT2D eigenvalue weighted by molar-refractivity contribution is 8.01. The van der Waals surface area contributed by atoms with Crippen molar-refractivity contribution in [2.45, 2.75) is 55.6 Å². The molecule has 2 aliphatic carbocycles. The number of carbonyl (C=O) groups is 2. The molecule has 0 atom stereocenters. The van der Waals surface area contributed by atoms with E-state index in [1.165, 1.54) is 31.2 Å². The first-order valence-corrected chi connectivity index (χ1v) is 11.3. The first-order valence-electron chi connectivity index (χ1n) is 10.4. The number of fused-ring (bicyclic) bond motifs is 1. The fourth-order valence-corrected chi connectivity index (χ4v) is 5.59. The SMILES string of the molecule is Cc1ccc(CNC(=O)c2n[nH]c3c2CCN(CC2(SC4CC4)CC2)C3=O)cc1. The van der Waals surface area contributed by atoms with Crippen LogP contribution in [0.2, 0.25) is 0 Å². The van der Waals surface area contributed by atoms with Crippen LogP contribution in [0.4, 0.5) is 0 Å². The van der Waals surface area contributed by atoms with Gasteiger partial charge in [0.1, 0.15) is 5.69 Å². The van der Waals surface area contributed by atoms with Crippen molar-refractivity contribution in [2.75, 3.05) is 13.1 Å². The molecule has 2 N–H and O–H groups in total. The number of aryl methyl sites for hydroxylation is 1. The number of rotatable bonds is 7. The lowest BCUT2D eigenvalue weighted by Crippen LogP contribution is -2.42. The zero-order valence-electron chi connectivity index (χ0n) is 16.7. The zero-order chi connectivity index (χ0) is 20.0. The van der Waals surface area contributed by atoms with Crippen LogP contribution in [0.25, 0.3) is 0 Å². The molecule has 1 aromatic carbocycles. The fourth-order valence-electron chi connectivity index (χ4n) is 3.94. The van der Waals surface area contributed by atoms with Crippen LogP contribution in [0.3, 0.4) is 0 Å². The highest BCUT2D eigenvalue weighted by Crippen LogP contribution is 2.55. The molecule has 5 rings (SSSR count). The summed E-state index contributed by atoms with van der Waals surface area (Å²) in [5, 5.41) is 10.8. The van der Waals surface area contributed by atoms with Crippen LogP contribution >= 0.6 is 11.8 Å². The second-order valence-corrected chi connectivity index (χ2v) is 10.3. The van der Waals surface area contributed by atoms with Gasteiger partial charge in [0.25, 0.3) is 11.8 Å². The predicted molar refractivity (Wildman–Crippen MR) is 113 cm³/mol. The maximum Gasteiger partial charge on any atom is 0.272 e. The van der Waals surface area contributed by atoms with Gasteiger partial charge in [0.2, 0.25) is 0 Å². The van der Waals surface area contributed by atoms with E-state index in [1.807, 2.05) is 36.1 Å². The van der Waals surface area contributed by atoms with Crippen LogP contribution < -0.4 is 5.32 Å². The van der Waals surface area contributed by atoms with Crippen LogP contribution in [0.5, 0.6) is 0 Å². The van der Waals surface area contributed by atoms with Crippen molar-refractivity contribution >= 4 is 23.6 Å². The van der Waals surface area contributed by atoms with E-state index >= 15 is 0 Å². The predicted octanol–water partition coefficient (Wildman–Crippen LogP) is 3.07. The lowest BCUT2D eigenvalue weighted by atomic mass is 10.0. The molecule has 2 aromatic rings. The molecule has 1 aromatic heterocycles. The molecule has 2 fully saturated rings. The van der Waals surface area contributed by atoms with Gasteiger partial charge in [-0.25, -0.2) is 0 Å². The molecule has 0 saturated heterocycles. The van der Waals surface area contributed by atoms with Gasteiger partial charge in [-0.2, -0.15) is 5.10 Å². The number of H-pyrrole nitrogens is 1. The summed E-state index contributed by atoms with van der Waals surface area (Å²) in [5.74, 6) is -0.244. The van der Waals surface area contributed by atoms with Crippen molar-refractivity contribution in [2.24, 2.45) is 0 Å². The molecular formula is C22H26N4O2S. The average Bonchev–Trinajstić information content (AvgIpc) is 3.64. The number of aromatic amines is 1. The third kappa shape index (κ3) is 3.92. The Morgan fingerprint density at radius 3 is 2.76 bits per heavy atom. The number of nitrogens with zero attached hydrogens (tertiary/aromatic N) is 2. The summed E-state index contributed by atoms with van der Waals surface area (Å²) in [5.41, 5.74) is 3.83. The number of nitrogens with one attached hydrogen (secondary N) is 2. The summed E-state index contributed by atoms with van der Waals surface area (Å²) >= 11 is 2.09. The molecule has 152 valence electrons. The van der Waals surface area contributed by atoms with Gasteiger partial charge in [-0.1, -0.05) is 29.8 Å². The molecule has 2 amide bonds. The zero-order valence-corrected chi connectivity index (χ0v) is 17.5. The normalized spacial score (nSPS) is 19.8. The van der Waals surface area contributed by atoms with Gasteiger partial charge in [-0.3, -0.25) is 14.7 Å². The van der Waals surface area contributed by atoms with Crippen molar-refractivity contribution in [1.82, 2.24) is 20.4 Å². The number of aromatic nitrogens is 2. The van der Waals surface area contributed by atoms with Gasteiger partial charge in [0.15, 0.2) is 5.69 Å². The number of hydrogen-bond acceptors (Lipinski definition) is 4. The summed E-state index contributed by atoms with van der Waals surface area (Å²) in [6.45, 7) is 3.97. The standard InChI is InChI=1S/C22H26N4O2S/c1-14-2-4-15(5-3-14)12-23-20(27)18-17-8-11-26(21(28)19(17)25-24-18)13-22(9-10-22)29-16-6-7-16/h2-5,16H,6-13H2,1H3,(H,23,27)(H,24,25). The van der Waals surface area contributed by atoms with Crippen LogP contribution in [-0.4, -0.2) is 50.0 Å². The Hall–Kier alpha value is -2.28. The van der Waals surface area contributed by atoms with E-state index in [0.29, 0.717) is 30.9 Å². The summed E-state index contributed by atoms with van der Waals surface area (Å²) in [6.07, 6.45) is 5.74. The number of hydrogen-bond donors (Lipinski definition) is 2. The number of carbonyl (C=O) groups excluding carboxylic acids is 2. The molecule has 1 aliphatic heterocycles. The van der Waals surface area contributed by atoms with E-state index in [-0.39, 0.29) is 16.6 Å². The first kappa shape index (κ1) is 18.7. The minimum absolute atomic E-state index is 0.0148. The Kier molecular flexibility index (Phi) is 4.65. The highest BCUT2D eigenvalue weighted by atomic mass is 32.2. The summed E-state index contributed by atoms with van der Waals surface area (Å²) in [6, 6.07) is 8.06. The van der Waals surface area contributed by atoms with Crippen LogP contribution in [0.15, 0.2) is 24.3 Å². The lowest BCUT2D eigenvalue weighted by molar-refractivity contribution is 0.0731. The van der Waals surface area contributed by atoms with Crippen LogP contribution in [0, 0.1) is 6.92 Å². The molecule has 0 unspecified atom stereocenters. The van der Waals surface area contributed by atoms with Gasteiger partial charge >= 0.3 is 0 Å². The smallest absolute Gasteiger partial charge is 0.272 e. The topological polar surface area (TPSA) is 78.1 Å². The molecule has 0 spiro atoms. The Morgan fingerprint density at radius 1 is 1.31 bits per heavy atom. The quantitative estimate of drug-likeness (QED) is 0.735. The maximum atomic E-state index is 13.0. The molecular weight excluding hydrogens is 384 g/mol. The first-order chi connectivity index (χ1) is 14.0. The van der Waals surface area contributed by atoms with Gasteiger partial charge in [0.05, 0.1) is 0 Å². The number of benzene rings is 1. The fraction of sp³-hybridized carbons (Fsp3) is 0.500. The van der Waals surface area contributed by atoms with Crippen molar-refractivity contribution in [1.29, 1.82) is 0 Å². The van der Waals surface area contributed by atoms with Gasteiger partial charge in [-0.05, 0) is 44.6 Å². The molecule has 29 heavy (non-hydrogen) atoms. The minimum atomic E-state index is -0.229. The second kappa shape index (κ2) is 7.20. The summed E-state index contributed by atoms with van der Waals surface area (Å²) in [4.78, 5) is 27.6. The van der Waals surface area contributed by atoms with E-state index in [9.17, 15) is 9.59 Å². The van der Waals surface area contributed by atoms with Crippen molar-refractivity contribution in [3.8, 4) is 0 Å². The molecule has 7 heteroatoms. The summed E-state index contributed by atoms with van der Waals surface area (Å²) < 4.78 is 0.280. The van der Waals surface area contributed by atoms with E-state index in [2.05, 4.69) is 27.3 Å². The summed E-state index contributed by atoms with van der Waals surface area (Å²) in [7, 11) is 0. The van der Waals surface area contributed by atoms with E-state index < -0.39 is 0 Å². The lowest BCUT2D eigenvalue weighted by Gasteiger charge is -2.30. The Bertz CT molecular complexity index is 944. The molecule has 6 nitrogen and oxygen atoms in total. The molecule has 0 bridgehead atoms. The van der Waals surface area contributed by atoms with E-state index in [1.54, 1.807) is 0 Å². The Labute approximate surface area is 174 Å². The molecule has 0 radical (unpaired) electrons. The monoisotopic (exact) mass is 410 g/mol. The molecule has 3 aliphatic rings. The average molecular weight is 411 g/mol. The Balaban J connectivity index is 1.24. The largest absolute Gasteiger partial charge is 0.347 e. The Morgan fingerprint density at radius 2 is 2.07 bits per heavy atom. The molecule has 2 heterocycles. The second-order valence-electron chi connectivity index (χ2n) is 8.57. The minimum Gasteiger partial charge on any atom is -0.347 e. The number of amides is 2.